The van der Waals surface area contributed by atoms with E-state index in [0.717, 1.165) is 0 Å². The van der Waals surface area contributed by atoms with E-state index in [9.17, 15) is 9.00 Å². The predicted octanol–water partition coefficient (Wildman–Crippen LogP) is 3.03. The summed E-state index contributed by atoms with van der Waals surface area (Å²) in [6.45, 7) is 9.64. The van der Waals surface area contributed by atoms with E-state index in [4.69, 9.17) is 16.3 Å². The largest absolute Gasteiger partial charge is 0.461 e. The van der Waals surface area contributed by atoms with Crippen LogP contribution >= 0.6 is 11.6 Å². The fourth-order valence-corrected chi connectivity index (χ4v) is 4.43. The maximum absolute atomic E-state index is 13.2. The molecular formula is C15H24ClN3O3S. The highest BCUT2D eigenvalue weighted by Gasteiger charge is 2.28. The molecule has 6 nitrogen and oxygen atoms in total. The fraction of sp³-hybridized carbons (Fsp3) is 0.533. The molecule has 1 aromatic rings. The third kappa shape index (κ3) is 4.16. The Morgan fingerprint density at radius 2 is 2.22 bits per heavy atom. The van der Waals surface area contributed by atoms with Crippen molar-refractivity contribution in [2.75, 3.05) is 13.7 Å². The Bertz CT molecular complexity index is 703. The van der Waals surface area contributed by atoms with Crippen LogP contribution in [0.25, 0.3) is 0 Å². The molecule has 1 rings (SSSR count). The first-order valence-corrected chi connectivity index (χ1v) is 9.18. The number of esters is 1. The molecule has 0 aromatic carbocycles. The Morgan fingerprint density at radius 1 is 1.61 bits per heavy atom. The summed E-state index contributed by atoms with van der Waals surface area (Å²) >= 11 is 6.30. The molecule has 0 spiro atoms. The lowest BCUT2D eigenvalue weighted by atomic mass is 10.1. The van der Waals surface area contributed by atoms with E-state index in [1.165, 1.54) is 17.8 Å². The zero-order valence-electron chi connectivity index (χ0n) is 14.1. The summed E-state index contributed by atoms with van der Waals surface area (Å²) in [5.41, 5.74) is 0.154. The third-order valence-corrected chi connectivity index (χ3v) is 5.89. The molecule has 23 heavy (non-hydrogen) atoms. The van der Waals surface area contributed by atoms with Crippen molar-refractivity contribution < 1.29 is 13.7 Å². The maximum Gasteiger partial charge on any atom is 0.356 e. The summed E-state index contributed by atoms with van der Waals surface area (Å²) in [7, 11) is 0.0914. The van der Waals surface area contributed by atoms with Crippen LogP contribution in [0.3, 0.4) is 0 Å². The van der Waals surface area contributed by atoms with E-state index in [-0.39, 0.29) is 34.2 Å². The Balaban J connectivity index is 3.38. The van der Waals surface area contributed by atoms with Crippen molar-refractivity contribution in [3.8, 4) is 0 Å². The van der Waals surface area contributed by atoms with Crippen molar-refractivity contribution in [3.63, 3.8) is 0 Å². The van der Waals surface area contributed by atoms with Gasteiger partial charge in [-0.05, 0) is 12.8 Å². The summed E-state index contributed by atoms with van der Waals surface area (Å²) in [5, 5.41) is 0.0839. The zero-order chi connectivity index (χ0) is 17.8. The second-order valence-corrected chi connectivity index (χ2v) is 7.79. The van der Waals surface area contributed by atoms with E-state index in [1.807, 2.05) is 13.8 Å². The van der Waals surface area contributed by atoms with Crippen molar-refractivity contribution in [2.24, 2.45) is 17.3 Å². The van der Waals surface area contributed by atoms with Crippen LogP contribution < -0.4 is 4.72 Å². The normalized spacial score (nSPS) is 15.1. The third-order valence-electron chi connectivity index (χ3n) is 3.38. The number of halogens is 1. The number of nitrogens with zero attached hydrogens (tertiary/aromatic N) is 2. The average molecular weight is 362 g/mol. The number of aryl methyl sites for hydroxylation is 1. The maximum atomic E-state index is 13.2. The smallest absolute Gasteiger partial charge is 0.356 e. The van der Waals surface area contributed by atoms with Gasteiger partial charge in [-0.25, -0.2) is 18.1 Å². The van der Waals surface area contributed by atoms with Gasteiger partial charge >= 0.3 is 5.97 Å². The molecule has 1 heterocycles. The standard InChI is InChI=1S/C15H24ClN3O3S/c1-7-11(10(3)4)18-23(21,17-5)12-9-19(6)14(13(12)16)15(20)22-8-2/h7,9-11H,1,8H2,2-6H3,(H,17,18,21)/t11-,23?/m0/s1. The molecule has 0 amide bonds. The predicted molar refractivity (Wildman–Crippen MR) is 93.1 cm³/mol. The van der Waals surface area contributed by atoms with Gasteiger partial charge in [-0.1, -0.05) is 31.5 Å². The summed E-state index contributed by atoms with van der Waals surface area (Å²) in [6.07, 6.45) is 3.22. The summed E-state index contributed by atoms with van der Waals surface area (Å²) < 4.78 is 26.7. The van der Waals surface area contributed by atoms with Crippen LogP contribution in [0.5, 0.6) is 0 Å². The molecule has 2 atom stereocenters. The lowest BCUT2D eigenvalue weighted by molar-refractivity contribution is 0.0515. The molecule has 0 aliphatic rings. The number of rotatable bonds is 7. The number of hydrogen-bond acceptors (Lipinski definition) is 4. The number of aromatic nitrogens is 1. The number of hydrogen-bond donors (Lipinski definition) is 1. The highest BCUT2D eigenvalue weighted by Crippen LogP contribution is 2.29. The molecule has 1 aromatic heterocycles. The molecule has 0 aliphatic heterocycles. The minimum Gasteiger partial charge on any atom is -0.461 e. The van der Waals surface area contributed by atoms with Crippen LogP contribution in [0, 0.1) is 5.92 Å². The molecule has 130 valence electrons. The van der Waals surface area contributed by atoms with Crippen molar-refractivity contribution in [2.45, 2.75) is 31.7 Å². The van der Waals surface area contributed by atoms with Gasteiger partial charge in [0.25, 0.3) is 0 Å². The van der Waals surface area contributed by atoms with Crippen LogP contribution in [0.15, 0.2) is 28.1 Å². The molecule has 0 saturated heterocycles. The second kappa shape index (κ2) is 7.99. The number of nitrogens with one attached hydrogen (secondary N) is 1. The minimum atomic E-state index is -3.00. The van der Waals surface area contributed by atoms with Gasteiger partial charge in [-0.2, -0.15) is 0 Å². The van der Waals surface area contributed by atoms with Crippen molar-refractivity contribution in [3.05, 3.63) is 29.6 Å². The summed E-state index contributed by atoms with van der Waals surface area (Å²) in [6, 6.07) is -0.214. The Labute approximate surface area is 143 Å². The van der Waals surface area contributed by atoms with Crippen LogP contribution in [0.2, 0.25) is 5.02 Å². The van der Waals surface area contributed by atoms with E-state index < -0.39 is 15.9 Å². The van der Waals surface area contributed by atoms with Crippen LogP contribution in [0.4, 0.5) is 0 Å². The van der Waals surface area contributed by atoms with Crippen molar-refractivity contribution in [1.29, 1.82) is 0 Å². The van der Waals surface area contributed by atoms with Gasteiger partial charge in [0.2, 0.25) is 0 Å². The van der Waals surface area contributed by atoms with E-state index in [2.05, 4.69) is 15.7 Å². The molecule has 0 fully saturated rings. The molecule has 8 heteroatoms. The SMILES string of the molecule is C=C[C@H](NS(=O)(=NC)c1cn(C)c(C(=O)OCC)c1Cl)C(C)C. The average Bonchev–Trinajstić information content (AvgIpc) is 2.80. The van der Waals surface area contributed by atoms with E-state index >= 15 is 0 Å². The van der Waals surface area contributed by atoms with Crippen LogP contribution in [-0.2, 0) is 21.7 Å². The lowest BCUT2D eigenvalue weighted by Gasteiger charge is -2.21. The van der Waals surface area contributed by atoms with Gasteiger partial charge in [0.15, 0.2) is 0 Å². The van der Waals surface area contributed by atoms with E-state index in [0.29, 0.717) is 0 Å². The van der Waals surface area contributed by atoms with Crippen molar-refractivity contribution >= 4 is 27.5 Å². The first-order valence-electron chi connectivity index (χ1n) is 7.28. The van der Waals surface area contributed by atoms with Gasteiger partial charge in [0.1, 0.15) is 15.6 Å². The first kappa shape index (κ1) is 19.7. The molecule has 0 bridgehead atoms. The summed E-state index contributed by atoms with van der Waals surface area (Å²) in [4.78, 5) is 12.3. The Kier molecular flexibility index (Phi) is 6.85. The van der Waals surface area contributed by atoms with Gasteiger partial charge in [-0.15, -0.1) is 6.58 Å². The lowest BCUT2D eigenvalue weighted by Crippen LogP contribution is -2.36. The van der Waals surface area contributed by atoms with Gasteiger partial charge in [0, 0.05) is 26.3 Å². The van der Waals surface area contributed by atoms with Crippen LogP contribution in [0.1, 0.15) is 31.3 Å². The highest BCUT2D eigenvalue weighted by atomic mass is 35.5. The molecule has 1 unspecified atom stereocenters. The molecule has 0 aliphatic carbocycles. The summed E-state index contributed by atoms with van der Waals surface area (Å²) in [5.74, 6) is -0.393. The Hall–Kier alpha value is -1.31. The first-order chi connectivity index (χ1) is 10.7. The van der Waals surface area contributed by atoms with Gasteiger partial charge in [-0.3, -0.25) is 0 Å². The zero-order valence-corrected chi connectivity index (χ0v) is 15.7. The second-order valence-electron chi connectivity index (χ2n) is 5.32. The quantitative estimate of drug-likeness (QED) is 0.599. The Morgan fingerprint density at radius 3 is 2.65 bits per heavy atom. The number of carbonyl (C=O) groups excluding carboxylic acids is 1. The molecule has 1 N–H and O–H groups in total. The number of carbonyl (C=O) groups is 1. The fourth-order valence-electron chi connectivity index (χ4n) is 2.05. The topological polar surface area (TPSA) is 72.7 Å². The molecule has 0 radical (unpaired) electrons. The highest BCUT2D eigenvalue weighted by molar-refractivity contribution is 7.91. The number of ether oxygens (including phenoxy) is 1. The minimum absolute atomic E-state index is 0.0839. The van der Waals surface area contributed by atoms with Crippen LogP contribution in [-0.4, -0.2) is 34.4 Å². The van der Waals surface area contributed by atoms with E-state index in [1.54, 1.807) is 20.0 Å². The molecular weight excluding hydrogens is 338 g/mol. The van der Waals surface area contributed by atoms with Gasteiger partial charge in [0.05, 0.1) is 16.5 Å². The van der Waals surface area contributed by atoms with Crippen molar-refractivity contribution in [1.82, 2.24) is 9.29 Å². The monoisotopic (exact) mass is 361 g/mol. The van der Waals surface area contributed by atoms with Gasteiger partial charge < -0.3 is 9.30 Å². The molecule has 0 saturated carbocycles.